The Bertz CT molecular complexity index is 857. The van der Waals surface area contributed by atoms with Gasteiger partial charge < -0.3 is 19.9 Å². The van der Waals surface area contributed by atoms with Crippen LogP contribution in [0.1, 0.15) is 5.56 Å². The van der Waals surface area contributed by atoms with Crippen LogP contribution in [0.5, 0.6) is 11.5 Å². The summed E-state index contributed by atoms with van der Waals surface area (Å²) in [4.78, 5) is 11.4. The molecule has 3 aliphatic heterocycles. The van der Waals surface area contributed by atoms with E-state index in [9.17, 15) is 22.7 Å². The first-order valence-electron chi connectivity index (χ1n) is 8.18. The minimum atomic E-state index is -4.22. The van der Waals surface area contributed by atoms with Crippen molar-refractivity contribution < 1.29 is 32.2 Å². The molecule has 3 heterocycles. The first-order chi connectivity index (χ1) is 12.3. The lowest BCUT2D eigenvalue weighted by molar-refractivity contribution is -0.117. The Morgan fingerprint density at radius 2 is 2.15 bits per heavy atom. The van der Waals surface area contributed by atoms with Gasteiger partial charge in [-0.3, -0.25) is 4.79 Å². The smallest absolute Gasteiger partial charge is 0.326 e. The van der Waals surface area contributed by atoms with E-state index in [2.05, 4.69) is 5.32 Å². The molecule has 0 bridgehead atoms. The molecular formula is C15H18FN3O6S. The van der Waals surface area contributed by atoms with Crippen LogP contribution in [-0.2, 0) is 26.2 Å². The zero-order chi connectivity index (χ0) is 18.5. The number of aromatic hydroxyl groups is 1. The molecular weight excluding hydrogens is 369 g/mol. The molecule has 26 heavy (non-hydrogen) atoms. The second-order valence-electron chi connectivity index (χ2n) is 6.58. The number of rotatable bonds is 5. The van der Waals surface area contributed by atoms with Gasteiger partial charge in [0.1, 0.15) is 29.8 Å². The standard InChI is InChI=1S/C15H18FN3O6S/c16-14-10-1-9(4-17-3-8-6-24-7-8)25-12(10)2-11(20)15(14)19-5-13(21)18-26(19,22)23/h2,8-9,17,20H,1,3-7H2,(H,18,21)/t9-/m1/s1. The number of hydrogen-bond acceptors (Lipinski definition) is 7. The highest BCUT2D eigenvalue weighted by Crippen LogP contribution is 2.43. The summed E-state index contributed by atoms with van der Waals surface area (Å²) in [7, 11) is -4.22. The molecule has 2 fully saturated rings. The van der Waals surface area contributed by atoms with Crippen molar-refractivity contribution in [2.75, 3.05) is 37.2 Å². The quantitative estimate of drug-likeness (QED) is 0.609. The Hall–Kier alpha value is -2.11. The van der Waals surface area contributed by atoms with E-state index < -0.39 is 39.9 Å². The molecule has 142 valence electrons. The number of fused-ring (bicyclic) bond motifs is 1. The van der Waals surface area contributed by atoms with Crippen LogP contribution in [0.2, 0.25) is 0 Å². The number of amides is 1. The maximum absolute atomic E-state index is 14.9. The van der Waals surface area contributed by atoms with E-state index in [0.29, 0.717) is 16.8 Å². The minimum absolute atomic E-state index is 0.179. The first-order valence-corrected chi connectivity index (χ1v) is 9.62. The van der Waals surface area contributed by atoms with Crippen LogP contribution in [0.3, 0.4) is 0 Å². The third-order valence-electron chi connectivity index (χ3n) is 4.59. The summed E-state index contributed by atoms with van der Waals surface area (Å²) in [6, 6.07) is 1.19. The molecule has 1 aromatic rings. The van der Waals surface area contributed by atoms with Crippen molar-refractivity contribution in [1.29, 1.82) is 0 Å². The molecule has 3 aliphatic rings. The number of carbonyl (C=O) groups excluding carboxylic acids is 1. The molecule has 11 heteroatoms. The molecule has 9 nitrogen and oxygen atoms in total. The molecule has 0 radical (unpaired) electrons. The minimum Gasteiger partial charge on any atom is -0.505 e. The van der Waals surface area contributed by atoms with E-state index >= 15 is 0 Å². The molecule has 0 aromatic heterocycles. The maximum atomic E-state index is 14.9. The number of anilines is 1. The maximum Gasteiger partial charge on any atom is 0.326 e. The van der Waals surface area contributed by atoms with Crippen LogP contribution >= 0.6 is 0 Å². The normalized spacial score (nSPS) is 24.1. The Labute approximate surface area is 149 Å². The van der Waals surface area contributed by atoms with Crippen molar-refractivity contribution in [3.8, 4) is 11.5 Å². The summed E-state index contributed by atoms with van der Waals surface area (Å²) < 4.78 is 51.8. The third-order valence-corrected chi connectivity index (χ3v) is 5.97. The average Bonchev–Trinajstić information content (AvgIpc) is 3.02. The van der Waals surface area contributed by atoms with Gasteiger partial charge in [-0.25, -0.2) is 13.4 Å². The lowest BCUT2D eigenvalue weighted by Crippen LogP contribution is -2.40. The summed E-state index contributed by atoms with van der Waals surface area (Å²) in [6.45, 7) is 2.13. The van der Waals surface area contributed by atoms with Gasteiger partial charge in [0.2, 0.25) is 0 Å². The summed E-state index contributed by atoms with van der Waals surface area (Å²) >= 11 is 0. The highest BCUT2D eigenvalue weighted by atomic mass is 32.2. The summed E-state index contributed by atoms with van der Waals surface area (Å²) in [5, 5.41) is 13.4. The summed E-state index contributed by atoms with van der Waals surface area (Å²) in [5.41, 5.74) is -0.350. The number of ether oxygens (including phenoxy) is 2. The van der Waals surface area contributed by atoms with Crippen LogP contribution in [0.4, 0.5) is 10.1 Å². The van der Waals surface area contributed by atoms with Crippen molar-refractivity contribution in [3.05, 3.63) is 17.4 Å². The molecule has 3 N–H and O–H groups in total. The molecule has 0 spiro atoms. The predicted molar refractivity (Wildman–Crippen MR) is 87.8 cm³/mol. The molecule has 0 aliphatic carbocycles. The molecule has 0 saturated carbocycles. The van der Waals surface area contributed by atoms with Crippen LogP contribution in [0.15, 0.2) is 6.07 Å². The molecule has 1 atom stereocenters. The van der Waals surface area contributed by atoms with Crippen LogP contribution < -0.4 is 19.1 Å². The molecule has 2 saturated heterocycles. The van der Waals surface area contributed by atoms with Crippen molar-refractivity contribution in [2.45, 2.75) is 12.5 Å². The fourth-order valence-electron chi connectivity index (χ4n) is 3.24. The Balaban J connectivity index is 1.52. The van der Waals surface area contributed by atoms with E-state index in [1.54, 1.807) is 4.72 Å². The number of halogens is 1. The number of benzene rings is 1. The molecule has 1 amide bonds. The second-order valence-corrected chi connectivity index (χ2v) is 8.17. The van der Waals surface area contributed by atoms with Crippen LogP contribution in [0, 0.1) is 11.7 Å². The first kappa shape index (κ1) is 17.3. The Morgan fingerprint density at radius 3 is 2.77 bits per heavy atom. The molecule has 4 rings (SSSR count). The predicted octanol–water partition coefficient (Wildman–Crippen LogP) is -0.748. The fraction of sp³-hybridized carbons (Fsp3) is 0.533. The summed E-state index contributed by atoms with van der Waals surface area (Å²) in [5.74, 6) is -1.63. The Morgan fingerprint density at radius 1 is 1.38 bits per heavy atom. The number of hydrogen-bond donors (Lipinski definition) is 3. The number of phenols is 1. The second kappa shape index (κ2) is 6.25. The zero-order valence-electron chi connectivity index (χ0n) is 13.7. The number of nitrogens with one attached hydrogen (secondary N) is 2. The van der Waals surface area contributed by atoms with Crippen LogP contribution in [0.25, 0.3) is 0 Å². The molecule has 1 aromatic carbocycles. The topological polar surface area (TPSA) is 117 Å². The van der Waals surface area contributed by atoms with E-state index in [-0.39, 0.29) is 23.8 Å². The van der Waals surface area contributed by atoms with E-state index in [0.717, 1.165) is 19.8 Å². The lowest BCUT2D eigenvalue weighted by Gasteiger charge is -2.26. The molecule has 0 unspecified atom stereocenters. The van der Waals surface area contributed by atoms with Gasteiger partial charge in [0.15, 0.2) is 5.82 Å². The van der Waals surface area contributed by atoms with Gasteiger partial charge in [0, 0.05) is 37.1 Å². The van der Waals surface area contributed by atoms with E-state index in [1.165, 1.54) is 6.07 Å². The monoisotopic (exact) mass is 387 g/mol. The lowest BCUT2D eigenvalue weighted by atomic mass is 10.1. The van der Waals surface area contributed by atoms with Gasteiger partial charge in [-0.2, -0.15) is 8.42 Å². The van der Waals surface area contributed by atoms with Gasteiger partial charge in [0.25, 0.3) is 5.91 Å². The highest BCUT2D eigenvalue weighted by Gasteiger charge is 2.40. The zero-order valence-corrected chi connectivity index (χ0v) is 14.5. The number of nitrogens with zero attached hydrogens (tertiary/aromatic N) is 1. The Kier molecular flexibility index (Phi) is 4.16. The van der Waals surface area contributed by atoms with Gasteiger partial charge in [-0.15, -0.1) is 0 Å². The van der Waals surface area contributed by atoms with Crippen molar-refractivity contribution in [1.82, 2.24) is 10.0 Å². The number of phenolic OH excluding ortho intramolecular Hbond substituents is 1. The number of carbonyl (C=O) groups is 1. The SMILES string of the molecule is O=C1CN(c2c(O)cc3c(c2F)C[C@H](CNCC2COC2)O3)S(=O)(=O)N1. The van der Waals surface area contributed by atoms with Crippen molar-refractivity contribution in [2.24, 2.45) is 5.92 Å². The third kappa shape index (κ3) is 2.95. The van der Waals surface area contributed by atoms with Crippen LogP contribution in [-0.4, -0.2) is 58.4 Å². The van der Waals surface area contributed by atoms with E-state index in [1.807, 2.05) is 0 Å². The van der Waals surface area contributed by atoms with Gasteiger partial charge in [-0.05, 0) is 0 Å². The van der Waals surface area contributed by atoms with E-state index in [4.69, 9.17) is 9.47 Å². The largest absolute Gasteiger partial charge is 0.505 e. The van der Waals surface area contributed by atoms with Crippen molar-refractivity contribution >= 4 is 21.8 Å². The van der Waals surface area contributed by atoms with Gasteiger partial charge >= 0.3 is 10.2 Å². The van der Waals surface area contributed by atoms with Crippen molar-refractivity contribution in [3.63, 3.8) is 0 Å². The summed E-state index contributed by atoms with van der Waals surface area (Å²) in [6.07, 6.45) is -0.0946. The van der Waals surface area contributed by atoms with Gasteiger partial charge in [0.05, 0.1) is 13.2 Å². The average molecular weight is 387 g/mol. The fourth-order valence-corrected chi connectivity index (χ4v) is 4.40. The van der Waals surface area contributed by atoms with Gasteiger partial charge in [-0.1, -0.05) is 0 Å². The highest BCUT2D eigenvalue weighted by molar-refractivity contribution is 7.92.